The van der Waals surface area contributed by atoms with Crippen molar-refractivity contribution >= 4 is 22.4 Å². The molecule has 1 N–H and O–H groups in total. The number of rotatable bonds is 2. The molecule has 1 nitrogen and oxygen atoms in total. The lowest BCUT2D eigenvalue weighted by Crippen LogP contribution is -2.26. The molecule has 0 bridgehead atoms. The first-order chi connectivity index (χ1) is 15.2. The van der Waals surface area contributed by atoms with E-state index in [1.165, 1.54) is 0 Å². The first kappa shape index (κ1) is 18.4. The summed E-state index contributed by atoms with van der Waals surface area (Å²) in [7, 11) is 0. The molecule has 1 aliphatic carbocycles. The Morgan fingerprint density at radius 3 is 2.10 bits per heavy atom. The normalized spacial score (nSPS) is 16.8. The van der Waals surface area contributed by atoms with E-state index in [0.717, 1.165) is 49.7 Å². The van der Waals surface area contributed by atoms with Crippen LogP contribution in [0.15, 0.2) is 109 Å². The second-order valence-corrected chi connectivity index (χ2v) is 8.46. The van der Waals surface area contributed by atoms with Crippen LogP contribution in [0.4, 0.5) is 0 Å². The zero-order valence-electron chi connectivity index (χ0n) is 16.7. The molecule has 0 saturated carbocycles. The van der Waals surface area contributed by atoms with Crippen molar-refractivity contribution in [2.24, 2.45) is 0 Å². The van der Waals surface area contributed by atoms with Gasteiger partial charge in [-0.15, -0.1) is 0 Å². The number of hydrogen-bond acceptors (Lipinski definition) is 1. The van der Waals surface area contributed by atoms with Gasteiger partial charge in [0.2, 0.25) is 0 Å². The fraction of sp³-hybridized carbons (Fsp3) is 0.0345. The first-order valence-corrected chi connectivity index (χ1v) is 10.8. The van der Waals surface area contributed by atoms with Crippen LogP contribution in [0, 0.1) is 0 Å². The smallest absolute Gasteiger partial charge is 0.142 e. The third-order valence-electron chi connectivity index (χ3n) is 6.35. The van der Waals surface area contributed by atoms with Gasteiger partial charge in [-0.25, -0.2) is 0 Å². The summed E-state index contributed by atoms with van der Waals surface area (Å²) in [6.07, 6.45) is 0. The molecule has 0 fully saturated rings. The molecule has 1 atom stereocenters. The van der Waals surface area contributed by atoms with Crippen LogP contribution in [-0.2, 0) is 5.60 Å². The fourth-order valence-corrected chi connectivity index (χ4v) is 5.17. The Hall–Kier alpha value is -3.39. The fourth-order valence-electron chi connectivity index (χ4n) is 5.00. The van der Waals surface area contributed by atoms with Gasteiger partial charge in [0.25, 0.3) is 0 Å². The van der Waals surface area contributed by atoms with Gasteiger partial charge >= 0.3 is 0 Å². The maximum atomic E-state index is 12.5. The summed E-state index contributed by atoms with van der Waals surface area (Å²) in [5, 5.41) is 15.3. The number of benzene rings is 5. The molecular weight excluding hydrogens is 400 g/mol. The monoisotopic (exact) mass is 418 g/mol. The largest absolute Gasteiger partial charge is 0.376 e. The van der Waals surface area contributed by atoms with Gasteiger partial charge in [-0.2, -0.15) is 0 Å². The topological polar surface area (TPSA) is 20.2 Å². The summed E-state index contributed by atoms with van der Waals surface area (Å²) in [6, 6.07) is 36.7. The third-order valence-corrected chi connectivity index (χ3v) is 6.58. The zero-order valence-corrected chi connectivity index (χ0v) is 17.5. The highest BCUT2D eigenvalue weighted by Crippen LogP contribution is 2.55. The van der Waals surface area contributed by atoms with Gasteiger partial charge < -0.3 is 5.11 Å². The Morgan fingerprint density at radius 1 is 0.613 bits per heavy atom. The lowest BCUT2D eigenvalue weighted by Gasteiger charge is -2.28. The van der Waals surface area contributed by atoms with E-state index < -0.39 is 5.60 Å². The van der Waals surface area contributed by atoms with Crippen molar-refractivity contribution in [3.05, 3.63) is 131 Å². The summed E-state index contributed by atoms with van der Waals surface area (Å²) < 4.78 is 0. The van der Waals surface area contributed by atoms with E-state index in [-0.39, 0.29) is 0 Å². The second-order valence-electron chi connectivity index (χ2n) is 8.02. The predicted octanol–water partition coefficient (Wildman–Crippen LogP) is 7.42. The molecule has 0 aliphatic heterocycles. The standard InChI is InChI=1S/C29H19ClO/c30-22-15-17-24-25-16-14-20-10-7-13-23(19-8-3-1-4-9-19)27(20)28(25)29(31,26(24)18-22)21-11-5-2-6-12-21/h1-18,31H. The molecule has 5 aromatic rings. The van der Waals surface area contributed by atoms with Crippen LogP contribution < -0.4 is 0 Å². The van der Waals surface area contributed by atoms with E-state index in [1.54, 1.807) is 0 Å². The molecule has 1 aliphatic rings. The minimum atomic E-state index is -1.29. The summed E-state index contributed by atoms with van der Waals surface area (Å²) in [5.41, 5.74) is 5.62. The number of hydrogen-bond donors (Lipinski definition) is 1. The Balaban J connectivity index is 1.80. The van der Waals surface area contributed by atoms with Gasteiger partial charge in [0.15, 0.2) is 0 Å². The molecule has 1 unspecified atom stereocenters. The van der Waals surface area contributed by atoms with Crippen LogP contribution >= 0.6 is 11.6 Å². The van der Waals surface area contributed by atoms with Crippen LogP contribution in [0.1, 0.15) is 16.7 Å². The third kappa shape index (κ3) is 2.61. The van der Waals surface area contributed by atoms with Crippen molar-refractivity contribution in [3.63, 3.8) is 0 Å². The molecule has 148 valence electrons. The van der Waals surface area contributed by atoms with Crippen molar-refractivity contribution in [1.82, 2.24) is 0 Å². The van der Waals surface area contributed by atoms with Crippen LogP contribution in [0.2, 0.25) is 5.02 Å². The van der Waals surface area contributed by atoms with Crippen LogP contribution in [0.5, 0.6) is 0 Å². The van der Waals surface area contributed by atoms with Crippen molar-refractivity contribution in [3.8, 4) is 22.3 Å². The lowest BCUT2D eigenvalue weighted by molar-refractivity contribution is 0.132. The summed E-state index contributed by atoms with van der Waals surface area (Å²) >= 11 is 6.42. The van der Waals surface area contributed by atoms with Gasteiger partial charge in [-0.3, -0.25) is 0 Å². The van der Waals surface area contributed by atoms with Gasteiger partial charge in [-0.1, -0.05) is 109 Å². The van der Waals surface area contributed by atoms with Gasteiger partial charge in [-0.05, 0) is 50.7 Å². The maximum Gasteiger partial charge on any atom is 0.142 e. The van der Waals surface area contributed by atoms with E-state index in [0.29, 0.717) is 5.02 Å². The maximum absolute atomic E-state index is 12.5. The first-order valence-electron chi connectivity index (χ1n) is 10.4. The van der Waals surface area contributed by atoms with Crippen LogP contribution in [0.3, 0.4) is 0 Å². The average Bonchev–Trinajstić information content (AvgIpc) is 3.09. The quantitative estimate of drug-likeness (QED) is 0.316. The summed E-state index contributed by atoms with van der Waals surface area (Å²) in [4.78, 5) is 0. The van der Waals surface area contributed by atoms with Crippen molar-refractivity contribution < 1.29 is 5.11 Å². The average molecular weight is 419 g/mol. The Bertz CT molecular complexity index is 1440. The summed E-state index contributed by atoms with van der Waals surface area (Å²) in [6.45, 7) is 0. The molecule has 0 amide bonds. The molecule has 31 heavy (non-hydrogen) atoms. The molecule has 0 heterocycles. The molecule has 0 saturated heterocycles. The van der Waals surface area contributed by atoms with Crippen molar-refractivity contribution in [2.45, 2.75) is 5.60 Å². The SMILES string of the molecule is OC1(c2ccccc2)c2cc(Cl)ccc2-c2ccc3cccc(-c4ccccc4)c3c21. The van der Waals surface area contributed by atoms with E-state index in [4.69, 9.17) is 11.6 Å². The Kier molecular flexibility index (Phi) is 4.04. The van der Waals surface area contributed by atoms with Crippen molar-refractivity contribution in [2.75, 3.05) is 0 Å². The van der Waals surface area contributed by atoms with E-state index in [2.05, 4.69) is 54.6 Å². The van der Waals surface area contributed by atoms with Gasteiger partial charge in [0.05, 0.1) is 0 Å². The minimum absolute atomic E-state index is 0.619. The molecular formula is C29H19ClO. The number of halogens is 1. The highest BCUT2D eigenvalue weighted by molar-refractivity contribution is 6.30. The predicted molar refractivity (Wildman–Crippen MR) is 128 cm³/mol. The minimum Gasteiger partial charge on any atom is -0.376 e. The molecule has 2 heteroatoms. The Labute approximate surface area is 186 Å². The molecule has 0 radical (unpaired) electrons. The number of fused-ring (bicyclic) bond motifs is 5. The number of aliphatic hydroxyl groups is 1. The highest BCUT2D eigenvalue weighted by Gasteiger charge is 2.44. The van der Waals surface area contributed by atoms with Gasteiger partial charge in [0, 0.05) is 16.1 Å². The van der Waals surface area contributed by atoms with Gasteiger partial charge in [0.1, 0.15) is 5.60 Å². The van der Waals surface area contributed by atoms with E-state index in [9.17, 15) is 5.11 Å². The second kappa shape index (κ2) is 6.81. The van der Waals surface area contributed by atoms with E-state index >= 15 is 0 Å². The highest BCUT2D eigenvalue weighted by atomic mass is 35.5. The van der Waals surface area contributed by atoms with Crippen LogP contribution in [-0.4, -0.2) is 5.11 Å². The molecule has 0 spiro atoms. The molecule has 0 aromatic heterocycles. The molecule has 6 rings (SSSR count). The van der Waals surface area contributed by atoms with E-state index in [1.807, 2.05) is 54.6 Å². The molecule has 5 aromatic carbocycles. The Morgan fingerprint density at radius 2 is 1.32 bits per heavy atom. The summed E-state index contributed by atoms with van der Waals surface area (Å²) in [5.74, 6) is 0. The zero-order chi connectivity index (χ0) is 21.0. The lowest BCUT2D eigenvalue weighted by atomic mass is 9.80. The van der Waals surface area contributed by atoms with Crippen molar-refractivity contribution in [1.29, 1.82) is 0 Å². The van der Waals surface area contributed by atoms with Crippen LogP contribution in [0.25, 0.3) is 33.0 Å².